The van der Waals surface area contributed by atoms with Gasteiger partial charge in [0.15, 0.2) is 0 Å². The second kappa shape index (κ2) is 6.81. The van der Waals surface area contributed by atoms with E-state index in [9.17, 15) is 9.90 Å². The molecule has 2 heterocycles. The summed E-state index contributed by atoms with van der Waals surface area (Å²) in [5.41, 5.74) is -0.725. The van der Waals surface area contributed by atoms with Gasteiger partial charge in [0.05, 0.1) is 10.6 Å². The molecule has 0 bridgehead atoms. The molecule has 0 aromatic carbocycles. The van der Waals surface area contributed by atoms with Crippen LogP contribution in [0.1, 0.15) is 20.8 Å². The molecule has 1 aromatic heterocycles. The number of aromatic nitrogens is 1. The van der Waals surface area contributed by atoms with Crippen LogP contribution in [0, 0.1) is 0 Å². The Labute approximate surface area is 136 Å². The van der Waals surface area contributed by atoms with Gasteiger partial charge in [0.1, 0.15) is 5.82 Å². The van der Waals surface area contributed by atoms with Crippen molar-refractivity contribution in [1.82, 2.24) is 14.8 Å². The molecule has 22 heavy (non-hydrogen) atoms. The van der Waals surface area contributed by atoms with Crippen LogP contribution in [0.2, 0.25) is 5.02 Å². The van der Waals surface area contributed by atoms with Crippen molar-refractivity contribution in [2.24, 2.45) is 0 Å². The maximum atomic E-state index is 12.3. The summed E-state index contributed by atoms with van der Waals surface area (Å²) in [5, 5.41) is 13.2. The Morgan fingerprint density at radius 3 is 2.77 bits per heavy atom. The Morgan fingerprint density at radius 2 is 2.23 bits per heavy atom. The van der Waals surface area contributed by atoms with Crippen LogP contribution in [0.4, 0.5) is 10.6 Å². The topological polar surface area (TPSA) is 68.7 Å². The SMILES string of the molecule is CC1CN(CC(C)(C)O)CCN1C(=O)Nc1ccc(Cl)cn1. The summed E-state index contributed by atoms with van der Waals surface area (Å²) in [6.07, 6.45) is 1.50. The van der Waals surface area contributed by atoms with Crippen LogP contribution in [-0.2, 0) is 0 Å². The molecular weight excluding hydrogens is 304 g/mol. The van der Waals surface area contributed by atoms with Gasteiger partial charge in [-0.1, -0.05) is 11.6 Å². The summed E-state index contributed by atoms with van der Waals surface area (Å²) in [7, 11) is 0. The molecule has 2 rings (SSSR count). The zero-order valence-corrected chi connectivity index (χ0v) is 14.0. The summed E-state index contributed by atoms with van der Waals surface area (Å²) in [4.78, 5) is 20.4. The lowest BCUT2D eigenvalue weighted by Gasteiger charge is -2.41. The molecule has 0 aliphatic carbocycles. The van der Waals surface area contributed by atoms with Crippen LogP contribution in [0.3, 0.4) is 0 Å². The van der Waals surface area contributed by atoms with Gasteiger partial charge in [-0.3, -0.25) is 10.2 Å². The van der Waals surface area contributed by atoms with E-state index in [-0.39, 0.29) is 12.1 Å². The van der Waals surface area contributed by atoms with E-state index in [0.717, 1.165) is 13.1 Å². The van der Waals surface area contributed by atoms with Gasteiger partial charge in [-0.15, -0.1) is 0 Å². The Kier molecular flexibility index (Phi) is 5.26. The average Bonchev–Trinajstić information content (AvgIpc) is 2.39. The predicted octanol–water partition coefficient (Wildman–Crippen LogP) is 2.04. The fraction of sp³-hybridized carbons (Fsp3) is 0.600. The lowest BCUT2D eigenvalue weighted by molar-refractivity contribution is 0.0130. The van der Waals surface area contributed by atoms with E-state index in [4.69, 9.17) is 11.6 Å². The highest BCUT2D eigenvalue weighted by atomic mass is 35.5. The van der Waals surface area contributed by atoms with Crippen LogP contribution in [-0.4, -0.2) is 63.7 Å². The molecule has 122 valence electrons. The first-order valence-corrected chi connectivity index (χ1v) is 7.76. The summed E-state index contributed by atoms with van der Waals surface area (Å²) in [5.74, 6) is 0.487. The standard InChI is InChI=1S/C15H23ClN4O2/c1-11-9-19(10-15(2,3)22)6-7-20(11)14(21)18-13-5-4-12(16)8-17-13/h4-5,8,11,22H,6-7,9-10H2,1-3H3,(H,17,18,21). The van der Waals surface area contributed by atoms with Gasteiger partial charge in [-0.25, -0.2) is 9.78 Å². The molecule has 2 amide bonds. The number of hydrogen-bond acceptors (Lipinski definition) is 4. The van der Waals surface area contributed by atoms with Crippen molar-refractivity contribution >= 4 is 23.4 Å². The number of carbonyl (C=O) groups is 1. The zero-order chi connectivity index (χ0) is 16.3. The number of nitrogens with zero attached hydrogens (tertiary/aromatic N) is 3. The first-order chi connectivity index (χ1) is 10.2. The van der Waals surface area contributed by atoms with Crippen LogP contribution < -0.4 is 5.32 Å². The third-order valence-corrected chi connectivity index (χ3v) is 3.77. The number of aliphatic hydroxyl groups is 1. The van der Waals surface area contributed by atoms with E-state index in [1.807, 2.05) is 6.92 Å². The molecule has 0 spiro atoms. The summed E-state index contributed by atoms with van der Waals surface area (Å²) < 4.78 is 0. The fourth-order valence-electron chi connectivity index (χ4n) is 2.66. The molecule has 1 unspecified atom stereocenters. The minimum Gasteiger partial charge on any atom is -0.389 e. The van der Waals surface area contributed by atoms with E-state index in [0.29, 0.717) is 23.9 Å². The lowest BCUT2D eigenvalue weighted by atomic mass is 10.1. The van der Waals surface area contributed by atoms with E-state index >= 15 is 0 Å². The second-order valence-electron chi connectivity index (χ2n) is 6.38. The number of β-amino-alcohol motifs (C(OH)–C–C–N with tert-alkyl or cyclic N) is 1. The van der Waals surface area contributed by atoms with Gasteiger partial charge < -0.3 is 10.0 Å². The molecule has 1 aromatic rings. The highest BCUT2D eigenvalue weighted by Gasteiger charge is 2.29. The monoisotopic (exact) mass is 326 g/mol. The molecule has 1 aliphatic heterocycles. The minimum atomic E-state index is -0.725. The van der Waals surface area contributed by atoms with Crippen LogP contribution in [0.5, 0.6) is 0 Å². The maximum absolute atomic E-state index is 12.3. The van der Waals surface area contributed by atoms with Crippen molar-refractivity contribution in [3.63, 3.8) is 0 Å². The van der Waals surface area contributed by atoms with Crippen molar-refractivity contribution in [2.75, 3.05) is 31.5 Å². The molecule has 7 heteroatoms. The molecular formula is C15H23ClN4O2. The number of hydrogen-bond donors (Lipinski definition) is 2. The third kappa shape index (κ3) is 4.83. The van der Waals surface area contributed by atoms with Crippen LogP contribution in [0.15, 0.2) is 18.3 Å². The second-order valence-corrected chi connectivity index (χ2v) is 6.82. The molecule has 0 saturated carbocycles. The number of pyridine rings is 1. The Balaban J connectivity index is 1.90. The van der Waals surface area contributed by atoms with Crippen molar-refractivity contribution in [1.29, 1.82) is 0 Å². The number of amides is 2. The Morgan fingerprint density at radius 1 is 1.50 bits per heavy atom. The number of carbonyl (C=O) groups excluding carboxylic acids is 1. The van der Waals surface area contributed by atoms with Crippen molar-refractivity contribution in [3.8, 4) is 0 Å². The quantitative estimate of drug-likeness (QED) is 0.892. The van der Waals surface area contributed by atoms with E-state index in [2.05, 4.69) is 15.2 Å². The normalized spacial score (nSPS) is 20.0. The van der Waals surface area contributed by atoms with Gasteiger partial charge in [-0.05, 0) is 32.9 Å². The van der Waals surface area contributed by atoms with Gasteiger partial charge in [-0.2, -0.15) is 0 Å². The average molecular weight is 327 g/mol. The number of rotatable bonds is 3. The smallest absolute Gasteiger partial charge is 0.323 e. The molecule has 6 nitrogen and oxygen atoms in total. The third-order valence-electron chi connectivity index (χ3n) is 3.55. The predicted molar refractivity (Wildman–Crippen MR) is 87.2 cm³/mol. The van der Waals surface area contributed by atoms with E-state index in [1.54, 1.807) is 30.9 Å². The Hall–Kier alpha value is -1.37. The van der Waals surface area contributed by atoms with E-state index < -0.39 is 5.60 Å². The molecule has 1 atom stereocenters. The maximum Gasteiger partial charge on any atom is 0.323 e. The first-order valence-electron chi connectivity index (χ1n) is 7.38. The summed E-state index contributed by atoms with van der Waals surface area (Å²) in [6, 6.07) is 3.28. The number of nitrogens with one attached hydrogen (secondary N) is 1. The Bertz CT molecular complexity index is 515. The van der Waals surface area contributed by atoms with Gasteiger partial charge in [0, 0.05) is 38.4 Å². The van der Waals surface area contributed by atoms with Gasteiger partial charge in [0.2, 0.25) is 0 Å². The number of piperazine rings is 1. The van der Waals surface area contributed by atoms with Crippen molar-refractivity contribution < 1.29 is 9.90 Å². The number of anilines is 1. The first kappa shape index (κ1) is 17.0. The molecule has 0 radical (unpaired) electrons. The minimum absolute atomic E-state index is 0.0726. The summed E-state index contributed by atoms with van der Waals surface area (Å²) in [6.45, 7) is 8.31. The molecule has 1 fully saturated rings. The number of urea groups is 1. The zero-order valence-electron chi connectivity index (χ0n) is 13.2. The fourth-order valence-corrected chi connectivity index (χ4v) is 2.77. The van der Waals surface area contributed by atoms with Crippen molar-refractivity contribution in [2.45, 2.75) is 32.4 Å². The highest BCUT2D eigenvalue weighted by Crippen LogP contribution is 2.15. The molecule has 2 N–H and O–H groups in total. The molecule has 1 saturated heterocycles. The lowest BCUT2D eigenvalue weighted by Crippen LogP contribution is -2.57. The highest BCUT2D eigenvalue weighted by molar-refractivity contribution is 6.30. The van der Waals surface area contributed by atoms with Gasteiger partial charge in [0.25, 0.3) is 0 Å². The summed E-state index contributed by atoms with van der Waals surface area (Å²) >= 11 is 5.78. The van der Waals surface area contributed by atoms with Crippen molar-refractivity contribution in [3.05, 3.63) is 23.4 Å². The number of halogens is 1. The largest absolute Gasteiger partial charge is 0.389 e. The van der Waals surface area contributed by atoms with E-state index in [1.165, 1.54) is 6.20 Å². The molecule has 1 aliphatic rings. The van der Waals surface area contributed by atoms with Crippen LogP contribution >= 0.6 is 11.6 Å². The van der Waals surface area contributed by atoms with Crippen LogP contribution in [0.25, 0.3) is 0 Å². The van der Waals surface area contributed by atoms with Gasteiger partial charge >= 0.3 is 6.03 Å².